The summed E-state index contributed by atoms with van der Waals surface area (Å²) in [5.74, 6) is 1.16. The van der Waals surface area contributed by atoms with Crippen LogP contribution in [0.25, 0.3) is 10.8 Å². The maximum atomic E-state index is 11.8. The topological polar surface area (TPSA) is 85.4 Å². The summed E-state index contributed by atoms with van der Waals surface area (Å²) in [5.41, 5.74) is 8.84. The van der Waals surface area contributed by atoms with Crippen LogP contribution in [-0.4, -0.2) is 45.2 Å². The van der Waals surface area contributed by atoms with Crippen LogP contribution in [0.2, 0.25) is 0 Å². The molecule has 0 amide bonds. The molecule has 0 spiro atoms. The van der Waals surface area contributed by atoms with Crippen LogP contribution in [0, 0.1) is 5.41 Å². The molecule has 4 heterocycles. The van der Waals surface area contributed by atoms with Gasteiger partial charge in [-0.15, -0.1) is 0 Å². The Balaban J connectivity index is 1.29. The number of nitrogen functional groups attached to an aromatic ring is 1. The van der Waals surface area contributed by atoms with Crippen molar-refractivity contribution in [2.24, 2.45) is 12.5 Å². The zero-order valence-electron chi connectivity index (χ0n) is 17.4. The molecule has 8 heteroatoms. The smallest absolute Gasteiger partial charge is 0.253 e. The highest BCUT2D eigenvalue weighted by Crippen LogP contribution is 2.59. The molecule has 3 N–H and O–H groups in total. The first-order valence-electron chi connectivity index (χ1n) is 10.3. The average molecular weight is 436 g/mol. The SMILES string of the molecule is Cn1ccc(OCC23CN(C=S)C(CNc4cccc5c(N)nccc45)(C2)C3)cc1=O. The fourth-order valence-electron chi connectivity index (χ4n) is 5.21. The summed E-state index contributed by atoms with van der Waals surface area (Å²) >= 11 is 5.33. The van der Waals surface area contributed by atoms with Crippen LogP contribution >= 0.6 is 12.2 Å². The van der Waals surface area contributed by atoms with E-state index in [2.05, 4.69) is 21.3 Å². The van der Waals surface area contributed by atoms with E-state index in [1.54, 1.807) is 24.9 Å². The third kappa shape index (κ3) is 3.31. The molecule has 2 bridgehead atoms. The molecule has 6 rings (SSSR count). The van der Waals surface area contributed by atoms with Gasteiger partial charge in [0.15, 0.2) is 0 Å². The average Bonchev–Trinajstić information content (AvgIpc) is 3.23. The molecule has 160 valence electrons. The third-order valence-corrected chi connectivity index (χ3v) is 6.97. The van der Waals surface area contributed by atoms with Crippen molar-refractivity contribution < 1.29 is 4.74 Å². The minimum Gasteiger partial charge on any atom is -0.493 e. The summed E-state index contributed by atoms with van der Waals surface area (Å²) in [6.07, 6.45) is 5.47. The fourth-order valence-corrected chi connectivity index (χ4v) is 5.51. The van der Waals surface area contributed by atoms with Gasteiger partial charge < -0.3 is 25.3 Å². The van der Waals surface area contributed by atoms with Crippen molar-refractivity contribution in [1.29, 1.82) is 0 Å². The maximum absolute atomic E-state index is 11.8. The molecule has 1 saturated carbocycles. The van der Waals surface area contributed by atoms with Crippen LogP contribution in [0.3, 0.4) is 0 Å². The van der Waals surface area contributed by atoms with Gasteiger partial charge in [0.1, 0.15) is 11.6 Å². The Morgan fingerprint density at radius 3 is 2.90 bits per heavy atom. The molecular formula is C23H25N5O2S. The molecule has 1 aromatic carbocycles. The second-order valence-electron chi connectivity index (χ2n) is 8.86. The first kappa shape index (κ1) is 19.8. The molecule has 3 aromatic rings. The summed E-state index contributed by atoms with van der Waals surface area (Å²) in [7, 11) is 1.73. The summed E-state index contributed by atoms with van der Waals surface area (Å²) < 4.78 is 7.54. The van der Waals surface area contributed by atoms with E-state index in [1.165, 1.54) is 10.6 Å². The van der Waals surface area contributed by atoms with Crippen molar-refractivity contribution in [3.63, 3.8) is 0 Å². The van der Waals surface area contributed by atoms with E-state index in [0.717, 1.165) is 42.4 Å². The van der Waals surface area contributed by atoms with Gasteiger partial charge in [-0.3, -0.25) is 4.79 Å². The molecule has 3 aliphatic rings. The number of nitrogens with two attached hydrogens (primary N) is 1. The van der Waals surface area contributed by atoms with Crippen LogP contribution in [0.5, 0.6) is 5.75 Å². The van der Waals surface area contributed by atoms with E-state index in [4.69, 9.17) is 22.7 Å². The Labute approximate surface area is 185 Å². The van der Waals surface area contributed by atoms with Gasteiger partial charge in [-0.25, -0.2) is 4.98 Å². The Morgan fingerprint density at radius 1 is 1.29 bits per heavy atom. The predicted molar refractivity (Wildman–Crippen MR) is 127 cm³/mol. The number of aryl methyl sites for hydroxylation is 1. The molecule has 1 aliphatic carbocycles. The molecule has 0 unspecified atom stereocenters. The lowest BCUT2D eigenvalue weighted by atomic mass is 9.62. The van der Waals surface area contributed by atoms with Gasteiger partial charge in [0.05, 0.1) is 17.6 Å². The lowest BCUT2D eigenvalue weighted by Gasteiger charge is -2.47. The zero-order valence-corrected chi connectivity index (χ0v) is 18.2. The Hall–Kier alpha value is -3.13. The Kier molecular flexibility index (Phi) is 4.62. The van der Waals surface area contributed by atoms with E-state index >= 15 is 0 Å². The van der Waals surface area contributed by atoms with E-state index in [-0.39, 0.29) is 16.5 Å². The number of thiocarbonyl (C=S) groups is 1. The van der Waals surface area contributed by atoms with Gasteiger partial charge in [0.2, 0.25) is 0 Å². The first-order chi connectivity index (χ1) is 14.9. The number of nitrogens with zero attached hydrogens (tertiary/aromatic N) is 3. The van der Waals surface area contributed by atoms with Gasteiger partial charge in [0, 0.05) is 60.5 Å². The number of fused-ring (bicyclic) bond motifs is 2. The van der Waals surface area contributed by atoms with Gasteiger partial charge in [0.25, 0.3) is 5.56 Å². The Morgan fingerprint density at radius 2 is 2.13 bits per heavy atom. The molecule has 2 aliphatic heterocycles. The number of rotatable bonds is 7. The van der Waals surface area contributed by atoms with Gasteiger partial charge in [-0.1, -0.05) is 24.4 Å². The normalized spacial score (nSPS) is 24.1. The van der Waals surface area contributed by atoms with Crippen LogP contribution < -0.4 is 21.3 Å². The van der Waals surface area contributed by atoms with E-state index in [0.29, 0.717) is 18.2 Å². The lowest BCUT2D eigenvalue weighted by molar-refractivity contribution is 0.0502. The molecule has 2 aromatic heterocycles. The molecule has 3 fully saturated rings. The summed E-state index contributed by atoms with van der Waals surface area (Å²) in [6, 6.07) is 11.4. The van der Waals surface area contributed by atoms with Gasteiger partial charge in [-0.05, 0) is 31.0 Å². The van der Waals surface area contributed by atoms with Crippen LogP contribution in [0.1, 0.15) is 12.8 Å². The van der Waals surface area contributed by atoms with Crippen LogP contribution in [0.4, 0.5) is 11.5 Å². The minimum atomic E-state index is -0.0694. The number of pyridine rings is 2. The standard InChI is InChI=1S/C23H25N5O2S/c1-27-8-6-16(9-20(27)29)30-14-22-10-23(11-22,28(13-22)15-31)12-26-19-4-2-3-18-17(19)5-7-25-21(18)24/h2-9,15,26H,10-14H2,1H3,(H2,24,25). The van der Waals surface area contributed by atoms with Crippen molar-refractivity contribution >= 4 is 40.0 Å². The summed E-state index contributed by atoms with van der Waals surface area (Å²) in [4.78, 5) is 18.3. The maximum Gasteiger partial charge on any atom is 0.253 e. The first-order valence-corrected chi connectivity index (χ1v) is 10.8. The minimum absolute atomic E-state index is 0.0152. The van der Waals surface area contributed by atoms with E-state index in [9.17, 15) is 4.79 Å². The predicted octanol–water partition coefficient (Wildman–Crippen LogP) is 2.80. The molecule has 0 atom stereocenters. The monoisotopic (exact) mass is 435 g/mol. The fraction of sp³-hybridized carbons (Fsp3) is 0.348. The number of anilines is 2. The van der Waals surface area contributed by atoms with E-state index < -0.39 is 0 Å². The number of ether oxygens (including phenoxy) is 1. The van der Waals surface area contributed by atoms with Crippen molar-refractivity contribution in [1.82, 2.24) is 14.5 Å². The van der Waals surface area contributed by atoms with Crippen LogP contribution in [0.15, 0.2) is 53.6 Å². The highest BCUT2D eigenvalue weighted by Gasteiger charge is 2.64. The number of nitrogens with one attached hydrogen (secondary N) is 1. The number of benzene rings is 1. The molecule has 7 nitrogen and oxygen atoms in total. The molecule has 31 heavy (non-hydrogen) atoms. The zero-order chi connectivity index (χ0) is 21.6. The van der Waals surface area contributed by atoms with Crippen LogP contribution in [-0.2, 0) is 7.05 Å². The highest BCUT2D eigenvalue weighted by molar-refractivity contribution is 7.78. The summed E-state index contributed by atoms with van der Waals surface area (Å²) in [5, 5.41) is 5.65. The Bertz CT molecular complexity index is 1220. The van der Waals surface area contributed by atoms with Gasteiger partial charge >= 0.3 is 0 Å². The molecule has 2 saturated heterocycles. The largest absolute Gasteiger partial charge is 0.493 e. The third-order valence-electron chi connectivity index (χ3n) is 6.72. The second kappa shape index (κ2) is 7.23. The lowest BCUT2D eigenvalue weighted by Crippen LogP contribution is -2.55. The highest BCUT2D eigenvalue weighted by atomic mass is 32.1. The van der Waals surface area contributed by atoms with E-state index in [1.807, 2.05) is 24.3 Å². The summed E-state index contributed by atoms with van der Waals surface area (Å²) in [6.45, 7) is 2.24. The quantitative estimate of drug-likeness (QED) is 0.552. The number of hydrogen-bond donors (Lipinski definition) is 2. The van der Waals surface area contributed by atoms with Crippen molar-refractivity contribution in [3.8, 4) is 5.75 Å². The van der Waals surface area contributed by atoms with Crippen molar-refractivity contribution in [3.05, 3.63) is 59.1 Å². The second-order valence-corrected chi connectivity index (χ2v) is 9.07. The molecular weight excluding hydrogens is 410 g/mol. The molecule has 0 radical (unpaired) electrons. The van der Waals surface area contributed by atoms with Crippen molar-refractivity contribution in [2.45, 2.75) is 18.4 Å². The van der Waals surface area contributed by atoms with Crippen molar-refractivity contribution in [2.75, 3.05) is 30.7 Å². The number of hydrogen-bond acceptors (Lipinski definition) is 6. The van der Waals surface area contributed by atoms with Gasteiger partial charge in [-0.2, -0.15) is 0 Å². The number of aromatic nitrogens is 2.